The molecule has 1 fully saturated rings. The SMILES string of the molecule is COc1ccc2nc(Nc3ccc(-c4ccc(C(=O)C5CC5)cc4)cc3)sc2c1. The molecular formula is C24H20N2O2S. The number of anilines is 2. The highest BCUT2D eigenvalue weighted by atomic mass is 32.1. The minimum absolute atomic E-state index is 0.259. The number of ketones is 1. The van der Waals surface area contributed by atoms with Gasteiger partial charge in [0.1, 0.15) is 5.75 Å². The highest BCUT2D eigenvalue weighted by molar-refractivity contribution is 7.22. The van der Waals surface area contributed by atoms with E-state index in [1.807, 2.05) is 54.6 Å². The molecule has 0 bridgehead atoms. The predicted octanol–water partition coefficient (Wildman–Crippen LogP) is 6.31. The van der Waals surface area contributed by atoms with E-state index in [0.717, 1.165) is 56.3 Å². The molecule has 4 aromatic rings. The molecular weight excluding hydrogens is 380 g/mol. The summed E-state index contributed by atoms with van der Waals surface area (Å²) in [4.78, 5) is 16.8. The lowest BCUT2D eigenvalue weighted by atomic mass is 10.0. The van der Waals surface area contributed by atoms with Crippen molar-refractivity contribution in [2.75, 3.05) is 12.4 Å². The molecule has 0 atom stereocenters. The maximum absolute atomic E-state index is 12.2. The van der Waals surface area contributed by atoms with Crippen LogP contribution in [0.2, 0.25) is 0 Å². The smallest absolute Gasteiger partial charge is 0.188 e. The molecule has 1 N–H and O–H groups in total. The van der Waals surface area contributed by atoms with Crippen LogP contribution in [-0.4, -0.2) is 17.9 Å². The minimum atomic E-state index is 0.259. The molecule has 29 heavy (non-hydrogen) atoms. The standard InChI is InChI=1S/C24H20N2O2S/c1-28-20-12-13-21-22(14-20)29-24(26-21)25-19-10-8-16(9-11-19)15-2-4-17(5-3-15)23(27)18-6-7-18/h2-5,8-14,18H,6-7H2,1H3,(H,25,26). The average molecular weight is 401 g/mol. The van der Waals surface area contributed by atoms with Gasteiger partial charge in [-0.2, -0.15) is 0 Å². The largest absolute Gasteiger partial charge is 0.497 e. The number of thiazole rings is 1. The molecule has 0 saturated heterocycles. The van der Waals surface area contributed by atoms with Gasteiger partial charge >= 0.3 is 0 Å². The second-order valence-corrected chi connectivity index (χ2v) is 8.30. The van der Waals surface area contributed by atoms with Gasteiger partial charge < -0.3 is 10.1 Å². The Hall–Kier alpha value is -3.18. The van der Waals surface area contributed by atoms with Gasteiger partial charge in [0.05, 0.1) is 17.3 Å². The van der Waals surface area contributed by atoms with E-state index in [1.54, 1.807) is 18.4 Å². The summed E-state index contributed by atoms with van der Waals surface area (Å²) in [5, 5.41) is 4.23. The molecule has 144 valence electrons. The number of methoxy groups -OCH3 is 1. The van der Waals surface area contributed by atoms with E-state index < -0.39 is 0 Å². The number of benzene rings is 3. The van der Waals surface area contributed by atoms with Gasteiger partial charge in [-0.15, -0.1) is 0 Å². The maximum Gasteiger partial charge on any atom is 0.188 e. The lowest BCUT2D eigenvalue weighted by molar-refractivity contribution is 0.0967. The normalized spacial score (nSPS) is 13.4. The average Bonchev–Trinajstić information content (AvgIpc) is 3.53. The lowest BCUT2D eigenvalue weighted by Gasteiger charge is -2.06. The van der Waals surface area contributed by atoms with Crippen LogP contribution < -0.4 is 10.1 Å². The summed E-state index contributed by atoms with van der Waals surface area (Å²) >= 11 is 1.60. The minimum Gasteiger partial charge on any atom is -0.497 e. The molecule has 5 rings (SSSR count). The molecule has 3 aromatic carbocycles. The van der Waals surface area contributed by atoms with Crippen molar-refractivity contribution in [1.82, 2.24) is 4.98 Å². The fourth-order valence-electron chi connectivity index (χ4n) is 3.36. The van der Waals surface area contributed by atoms with Crippen molar-refractivity contribution in [3.05, 3.63) is 72.3 Å². The first-order valence-electron chi connectivity index (χ1n) is 9.66. The quantitative estimate of drug-likeness (QED) is 0.385. The Morgan fingerprint density at radius 3 is 2.34 bits per heavy atom. The topological polar surface area (TPSA) is 51.2 Å². The molecule has 1 aliphatic rings. The lowest BCUT2D eigenvalue weighted by Crippen LogP contribution is -2.00. The Balaban J connectivity index is 1.31. The molecule has 1 aromatic heterocycles. The van der Waals surface area contributed by atoms with Gasteiger partial charge in [-0.3, -0.25) is 4.79 Å². The van der Waals surface area contributed by atoms with Crippen LogP contribution in [0.25, 0.3) is 21.3 Å². The Morgan fingerprint density at radius 1 is 1.00 bits per heavy atom. The van der Waals surface area contributed by atoms with Crippen molar-refractivity contribution in [2.24, 2.45) is 5.92 Å². The molecule has 0 amide bonds. The van der Waals surface area contributed by atoms with E-state index in [1.165, 1.54) is 0 Å². The third-order valence-electron chi connectivity index (χ3n) is 5.18. The number of ether oxygens (including phenoxy) is 1. The Labute approximate surface area is 173 Å². The second kappa shape index (κ2) is 7.33. The van der Waals surface area contributed by atoms with Crippen LogP contribution in [0.15, 0.2) is 66.7 Å². The highest BCUT2D eigenvalue weighted by Gasteiger charge is 2.30. The molecule has 5 heteroatoms. The summed E-state index contributed by atoms with van der Waals surface area (Å²) in [6.45, 7) is 0. The molecule has 0 radical (unpaired) electrons. The monoisotopic (exact) mass is 400 g/mol. The van der Waals surface area contributed by atoms with Crippen molar-refractivity contribution in [3.8, 4) is 16.9 Å². The Bertz CT molecular complexity index is 1180. The van der Waals surface area contributed by atoms with E-state index >= 15 is 0 Å². The Kier molecular flexibility index (Phi) is 4.52. The van der Waals surface area contributed by atoms with Crippen LogP contribution in [0.5, 0.6) is 5.75 Å². The van der Waals surface area contributed by atoms with Crippen LogP contribution in [0.4, 0.5) is 10.8 Å². The van der Waals surface area contributed by atoms with Crippen LogP contribution in [0.3, 0.4) is 0 Å². The number of rotatable bonds is 6. The number of carbonyl (C=O) groups excluding carboxylic acids is 1. The first-order chi connectivity index (χ1) is 14.2. The molecule has 0 aliphatic heterocycles. The molecule has 1 saturated carbocycles. The predicted molar refractivity (Wildman–Crippen MR) is 118 cm³/mol. The number of nitrogens with zero attached hydrogens (tertiary/aromatic N) is 1. The zero-order valence-electron chi connectivity index (χ0n) is 16.0. The van der Waals surface area contributed by atoms with Gasteiger partial charge in [0, 0.05) is 17.2 Å². The number of fused-ring (bicyclic) bond motifs is 1. The van der Waals surface area contributed by atoms with E-state index in [4.69, 9.17) is 4.74 Å². The van der Waals surface area contributed by atoms with Crippen molar-refractivity contribution >= 4 is 38.2 Å². The summed E-state index contributed by atoms with van der Waals surface area (Å²) in [5.41, 5.74) is 4.99. The van der Waals surface area contributed by atoms with Gasteiger partial charge in [0.15, 0.2) is 10.9 Å². The maximum atomic E-state index is 12.2. The number of Topliss-reactive ketones (excluding diaryl/α,β-unsaturated/α-hetero) is 1. The van der Waals surface area contributed by atoms with Crippen molar-refractivity contribution in [3.63, 3.8) is 0 Å². The Morgan fingerprint density at radius 2 is 1.69 bits per heavy atom. The van der Waals surface area contributed by atoms with Crippen molar-refractivity contribution < 1.29 is 9.53 Å². The number of carbonyl (C=O) groups is 1. The first-order valence-corrected chi connectivity index (χ1v) is 10.5. The summed E-state index contributed by atoms with van der Waals surface area (Å²) in [7, 11) is 1.67. The van der Waals surface area contributed by atoms with Gasteiger partial charge in [0.25, 0.3) is 0 Å². The van der Waals surface area contributed by atoms with Crippen molar-refractivity contribution in [2.45, 2.75) is 12.8 Å². The van der Waals surface area contributed by atoms with Crippen LogP contribution >= 0.6 is 11.3 Å². The third-order valence-corrected chi connectivity index (χ3v) is 6.12. The second-order valence-electron chi connectivity index (χ2n) is 7.27. The van der Waals surface area contributed by atoms with Crippen LogP contribution in [-0.2, 0) is 0 Å². The van der Waals surface area contributed by atoms with E-state index in [-0.39, 0.29) is 11.7 Å². The van der Waals surface area contributed by atoms with E-state index in [9.17, 15) is 4.79 Å². The van der Waals surface area contributed by atoms with Crippen molar-refractivity contribution in [1.29, 1.82) is 0 Å². The number of nitrogens with one attached hydrogen (secondary N) is 1. The third kappa shape index (κ3) is 3.74. The zero-order chi connectivity index (χ0) is 19.8. The summed E-state index contributed by atoms with van der Waals surface area (Å²) in [6.07, 6.45) is 2.08. The van der Waals surface area contributed by atoms with Crippen LogP contribution in [0, 0.1) is 5.92 Å². The molecule has 0 spiro atoms. The number of hydrogen-bond donors (Lipinski definition) is 1. The number of aromatic nitrogens is 1. The summed E-state index contributed by atoms with van der Waals surface area (Å²) in [6, 6.07) is 22.1. The highest BCUT2D eigenvalue weighted by Crippen LogP contribution is 2.34. The molecule has 4 nitrogen and oxygen atoms in total. The zero-order valence-corrected chi connectivity index (χ0v) is 16.8. The molecule has 1 heterocycles. The molecule has 1 aliphatic carbocycles. The van der Waals surface area contributed by atoms with Gasteiger partial charge in [-0.1, -0.05) is 47.7 Å². The van der Waals surface area contributed by atoms with E-state index in [2.05, 4.69) is 22.4 Å². The van der Waals surface area contributed by atoms with E-state index in [0.29, 0.717) is 0 Å². The summed E-state index contributed by atoms with van der Waals surface area (Å²) < 4.78 is 6.37. The van der Waals surface area contributed by atoms with Gasteiger partial charge in [-0.05, 0) is 54.3 Å². The van der Waals surface area contributed by atoms with Gasteiger partial charge in [0.2, 0.25) is 0 Å². The fourth-order valence-corrected chi connectivity index (χ4v) is 4.28. The summed E-state index contributed by atoms with van der Waals surface area (Å²) in [5.74, 6) is 1.38. The van der Waals surface area contributed by atoms with Crippen LogP contribution in [0.1, 0.15) is 23.2 Å². The molecule has 0 unspecified atom stereocenters. The van der Waals surface area contributed by atoms with Gasteiger partial charge in [-0.25, -0.2) is 4.98 Å². The fraction of sp³-hybridized carbons (Fsp3) is 0.167. The number of hydrogen-bond acceptors (Lipinski definition) is 5. The first kappa shape index (κ1) is 17.9.